The van der Waals surface area contributed by atoms with Gasteiger partial charge in [-0.3, -0.25) is 0 Å². The molecule has 27 heavy (non-hydrogen) atoms. The maximum Gasteiger partial charge on any atom is 0.322 e. The zero-order valence-corrected chi connectivity index (χ0v) is 17.3. The Kier molecular flexibility index (Phi) is 4.33. The van der Waals surface area contributed by atoms with Crippen LogP contribution in [0.3, 0.4) is 0 Å². The van der Waals surface area contributed by atoms with Gasteiger partial charge in [-0.1, -0.05) is 12.1 Å². The number of fused-ring (bicyclic) bond motifs is 2. The Labute approximate surface area is 162 Å². The van der Waals surface area contributed by atoms with Crippen molar-refractivity contribution in [2.75, 3.05) is 5.32 Å². The van der Waals surface area contributed by atoms with Crippen molar-refractivity contribution in [3.05, 3.63) is 29.8 Å². The quantitative estimate of drug-likeness (QED) is 0.835. The van der Waals surface area contributed by atoms with Gasteiger partial charge in [0.05, 0.1) is 10.5 Å². The molecule has 1 N–H and O–H groups in total. The highest BCUT2D eigenvalue weighted by Gasteiger charge is 2.55. The van der Waals surface area contributed by atoms with Gasteiger partial charge in [0.15, 0.2) is 9.84 Å². The van der Waals surface area contributed by atoms with Crippen molar-refractivity contribution in [1.82, 2.24) is 4.90 Å². The normalized spacial score (nSPS) is 26.3. The summed E-state index contributed by atoms with van der Waals surface area (Å²) < 4.78 is 23.9. The number of nitrogens with zero attached hydrogens (tertiary/aromatic N) is 1. The molecular formula is C21H30N2O3S. The van der Waals surface area contributed by atoms with Gasteiger partial charge in [-0.05, 0) is 82.4 Å². The molecule has 2 aliphatic heterocycles. The van der Waals surface area contributed by atoms with Crippen LogP contribution in [0.5, 0.6) is 0 Å². The van der Waals surface area contributed by atoms with Crippen LogP contribution in [0.4, 0.5) is 10.5 Å². The third kappa shape index (κ3) is 3.60. The molecule has 2 amide bonds. The zero-order valence-electron chi connectivity index (χ0n) is 16.5. The number of sulfone groups is 1. The van der Waals surface area contributed by atoms with E-state index in [1.54, 1.807) is 45.0 Å². The Morgan fingerprint density at radius 2 is 1.67 bits per heavy atom. The molecule has 1 saturated carbocycles. The summed E-state index contributed by atoms with van der Waals surface area (Å²) in [5, 5.41) is 3.02. The molecule has 3 fully saturated rings. The number of hydrogen-bond acceptors (Lipinski definition) is 3. The van der Waals surface area contributed by atoms with Gasteiger partial charge in [0, 0.05) is 17.8 Å². The molecule has 1 aliphatic carbocycles. The lowest BCUT2D eigenvalue weighted by atomic mass is 9.88. The molecule has 2 atom stereocenters. The standard InChI is InChI=1S/C21H30N2O3S/c1-20(2,3)27(25,26)14-15-4-6-16(7-5-15)22-19(24)23-17-8-9-18(23)13-21(12-17)10-11-21/h4-7,17-18H,8-14H2,1-3H3,(H,22,24). The van der Waals surface area contributed by atoms with Crippen LogP contribution in [0.1, 0.15) is 64.9 Å². The smallest absolute Gasteiger partial charge is 0.319 e. The average Bonchev–Trinajstić information content (AvgIpc) is 3.24. The van der Waals surface area contributed by atoms with E-state index in [0.717, 1.165) is 24.1 Å². The molecule has 2 saturated heterocycles. The van der Waals surface area contributed by atoms with E-state index in [9.17, 15) is 13.2 Å². The number of urea groups is 1. The van der Waals surface area contributed by atoms with Gasteiger partial charge >= 0.3 is 6.03 Å². The number of carbonyl (C=O) groups is 1. The summed E-state index contributed by atoms with van der Waals surface area (Å²) in [4.78, 5) is 14.9. The van der Waals surface area contributed by atoms with Crippen molar-refractivity contribution in [3.8, 4) is 0 Å². The minimum atomic E-state index is -3.21. The third-order valence-electron chi connectivity index (χ3n) is 6.64. The third-order valence-corrected chi connectivity index (χ3v) is 9.22. The second kappa shape index (κ2) is 6.23. The maximum atomic E-state index is 12.8. The lowest BCUT2D eigenvalue weighted by Gasteiger charge is -2.39. The summed E-state index contributed by atoms with van der Waals surface area (Å²) in [6.07, 6.45) is 7.27. The predicted octanol–water partition coefficient (Wildman–Crippen LogP) is 4.34. The van der Waals surface area contributed by atoms with Crippen LogP contribution in [-0.4, -0.2) is 36.2 Å². The van der Waals surface area contributed by atoms with E-state index in [0.29, 0.717) is 17.5 Å². The fourth-order valence-corrected chi connectivity index (χ4v) is 5.73. The topological polar surface area (TPSA) is 66.5 Å². The first-order chi connectivity index (χ1) is 12.6. The summed E-state index contributed by atoms with van der Waals surface area (Å²) in [5.74, 6) is 0.0169. The first-order valence-electron chi connectivity index (χ1n) is 9.99. The van der Waals surface area contributed by atoms with E-state index in [2.05, 4.69) is 10.2 Å². The lowest BCUT2D eigenvalue weighted by Crippen LogP contribution is -2.48. The maximum absolute atomic E-state index is 12.8. The molecule has 2 unspecified atom stereocenters. The van der Waals surface area contributed by atoms with Gasteiger partial charge in [-0.25, -0.2) is 13.2 Å². The lowest BCUT2D eigenvalue weighted by molar-refractivity contribution is 0.123. The molecule has 2 heterocycles. The van der Waals surface area contributed by atoms with Gasteiger partial charge < -0.3 is 10.2 Å². The van der Waals surface area contributed by atoms with E-state index in [4.69, 9.17) is 0 Å². The van der Waals surface area contributed by atoms with Crippen molar-refractivity contribution < 1.29 is 13.2 Å². The van der Waals surface area contributed by atoms with E-state index in [1.807, 2.05) is 0 Å². The molecular weight excluding hydrogens is 360 g/mol. The van der Waals surface area contributed by atoms with Crippen LogP contribution >= 0.6 is 0 Å². The summed E-state index contributed by atoms with van der Waals surface area (Å²) >= 11 is 0. The van der Waals surface area contributed by atoms with Crippen LogP contribution < -0.4 is 5.32 Å². The second-order valence-corrected chi connectivity index (χ2v) is 12.4. The van der Waals surface area contributed by atoms with Crippen LogP contribution in [0, 0.1) is 5.41 Å². The van der Waals surface area contributed by atoms with Gasteiger partial charge in [-0.15, -0.1) is 0 Å². The Hall–Kier alpha value is -1.56. The van der Waals surface area contributed by atoms with E-state index in [1.165, 1.54) is 25.7 Å². The Morgan fingerprint density at radius 3 is 2.15 bits per heavy atom. The van der Waals surface area contributed by atoms with Crippen LogP contribution in [0.2, 0.25) is 0 Å². The molecule has 3 aliphatic rings. The number of nitrogens with one attached hydrogen (secondary N) is 1. The molecule has 2 bridgehead atoms. The molecule has 4 rings (SSSR count). The molecule has 1 aromatic carbocycles. The van der Waals surface area contributed by atoms with Crippen LogP contribution in [-0.2, 0) is 15.6 Å². The van der Waals surface area contributed by atoms with Crippen LogP contribution in [0.15, 0.2) is 24.3 Å². The van der Waals surface area contributed by atoms with Gasteiger partial charge in [-0.2, -0.15) is 0 Å². The van der Waals surface area contributed by atoms with Crippen molar-refractivity contribution in [1.29, 1.82) is 0 Å². The monoisotopic (exact) mass is 390 g/mol. The van der Waals surface area contributed by atoms with Gasteiger partial charge in [0.2, 0.25) is 0 Å². The summed E-state index contributed by atoms with van der Waals surface area (Å²) in [7, 11) is -3.21. The second-order valence-electron chi connectivity index (χ2n) is 9.70. The first kappa shape index (κ1) is 18.8. The number of carbonyl (C=O) groups excluding carboxylic acids is 1. The van der Waals surface area contributed by atoms with Gasteiger partial charge in [0.1, 0.15) is 0 Å². The highest BCUT2D eigenvalue weighted by molar-refractivity contribution is 7.91. The molecule has 6 heteroatoms. The Bertz CT molecular complexity index is 819. The summed E-state index contributed by atoms with van der Waals surface area (Å²) in [5.41, 5.74) is 2.03. The highest BCUT2D eigenvalue weighted by Crippen LogP contribution is 2.59. The fraction of sp³-hybridized carbons (Fsp3) is 0.667. The summed E-state index contributed by atoms with van der Waals surface area (Å²) in [6, 6.07) is 7.98. The number of piperidine rings is 1. The Morgan fingerprint density at radius 1 is 1.11 bits per heavy atom. The highest BCUT2D eigenvalue weighted by atomic mass is 32.2. The molecule has 0 aromatic heterocycles. The fourth-order valence-electron chi connectivity index (χ4n) is 4.67. The minimum Gasteiger partial charge on any atom is -0.319 e. The van der Waals surface area contributed by atoms with Crippen molar-refractivity contribution >= 4 is 21.6 Å². The molecule has 148 valence electrons. The van der Waals surface area contributed by atoms with Crippen molar-refractivity contribution in [2.45, 2.75) is 81.9 Å². The molecule has 5 nitrogen and oxygen atoms in total. The van der Waals surface area contributed by atoms with Crippen molar-refractivity contribution in [3.63, 3.8) is 0 Å². The molecule has 0 radical (unpaired) electrons. The zero-order chi connectivity index (χ0) is 19.4. The Balaban J connectivity index is 1.40. The van der Waals surface area contributed by atoms with Crippen molar-refractivity contribution in [2.24, 2.45) is 5.41 Å². The van der Waals surface area contributed by atoms with Gasteiger partial charge in [0.25, 0.3) is 0 Å². The molecule has 1 aromatic rings. The number of hydrogen-bond donors (Lipinski definition) is 1. The average molecular weight is 391 g/mol. The largest absolute Gasteiger partial charge is 0.322 e. The number of rotatable bonds is 3. The summed E-state index contributed by atoms with van der Waals surface area (Å²) in [6.45, 7) is 5.15. The number of benzene rings is 1. The number of amides is 2. The predicted molar refractivity (Wildman–Crippen MR) is 107 cm³/mol. The minimum absolute atomic E-state index is 0.00642. The number of anilines is 1. The van der Waals surface area contributed by atoms with Crippen LogP contribution in [0.25, 0.3) is 0 Å². The SMILES string of the molecule is CC(C)(C)S(=O)(=O)Cc1ccc(NC(=O)N2C3CCC2CC2(CC2)C3)cc1. The van der Waals surface area contributed by atoms with E-state index >= 15 is 0 Å². The first-order valence-corrected chi connectivity index (χ1v) is 11.6. The van der Waals surface area contributed by atoms with E-state index < -0.39 is 14.6 Å². The molecule has 1 spiro atoms. The van der Waals surface area contributed by atoms with E-state index in [-0.39, 0.29) is 11.8 Å².